The van der Waals surface area contributed by atoms with E-state index < -0.39 is 5.97 Å². The van der Waals surface area contributed by atoms with Crippen molar-refractivity contribution in [2.24, 2.45) is 0 Å². The molecule has 0 amide bonds. The van der Waals surface area contributed by atoms with Crippen molar-refractivity contribution in [1.29, 1.82) is 0 Å². The SMILES string of the molecule is CC1(c2ccc3[nH]c(C(=O)O)cc3c2)SCCCS1. The highest BCUT2D eigenvalue weighted by Gasteiger charge is 2.30. The highest BCUT2D eigenvalue weighted by atomic mass is 32.2. The molecule has 0 saturated carbocycles. The average molecular weight is 293 g/mol. The van der Waals surface area contributed by atoms with E-state index in [0.29, 0.717) is 0 Å². The lowest BCUT2D eigenvalue weighted by atomic mass is 10.1. The molecular weight excluding hydrogens is 278 g/mol. The highest BCUT2D eigenvalue weighted by molar-refractivity contribution is 8.18. The lowest BCUT2D eigenvalue weighted by Gasteiger charge is -2.32. The first-order valence-corrected chi connectivity index (χ1v) is 8.20. The van der Waals surface area contributed by atoms with Gasteiger partial charge in [0, 0.05) is 10.9 Å². The molecule has 0 atom stereocenters. The van der Waals surface area contributed by atoms with Crippen LogP contribution >= 0.6 is 23.5 Å². The predicted molar refractivity (Wildman–Crippen MR) is 82.1 cm³/mol. The number of fused-ring (bicyclic) bond motifs is 1. The Hall–Kier alpha value is -1.07. The topological polar surface area (TPSA) is 53.1 Å². The standard InChI is InChI=1S/C14H15NO2S2/c1-14(18-5-2-6-19-14)10-3-4-11-9(7-10)8-12(15-11)13(16)17/h3-4,7-8,15H,2,5-6H2,1H3,(H,16,17). The Kier molecular flexibility index (Phi) is 3.27. The molecule has 1 aliphatic rings. The van der Waals surface area contributed by atoms with Gasteiger partial charge in [-0.1, -0.05) is 6.07 Å². The van der Waals surface area contributed by atoms with Crippen molar-refractivity contribution in [2.75, 3.05) is 11.5 Å². The van der Waals surface area contributed by atoms with Gasteiger partial charge in [-0.05, 0) is 48.6 Å². The Morgan fingerprint density at radius 1 is 1.32 bits per heavy atom. The maximum absolute atomic E-state index is 11.0. The molecule has 3 rings (SSSR count). The van der Waals surface area contributed by atoms with Crippen LogP contribution in [0.1, 0.15) is 29.4 Å². The summed E-state index contributed by atoms with van der Waals surface area (Å²) >= 11 is 3.95. The highest BCUT2D eigenvalue weighted by Crippen LogP contribution is 2.50. The van der Waals surface area contributed by atoms with E-state index in [1.54, 1.807) is 6.07 Å². The van der Waals surface area contributed by atoms with E-state index >= 15 is 0 Å². The molecule has 0 unspecified atom stereocenters. The molecule has 2 heterocycles. The first-order chi connectivity index (χ1) is 9.08. The Morgan fingerprint density at radius 2 is 2.05 bits per heavy atom. The summed E-state index contributed by atoms with van der Waals surface area (Å²) < 4.78 is 0.0904. The van der Waals surface area contributed by atoms with Gasteiger partial charge in [0.15, 0.2) is 0 Å². The first kappa shape index (κ1) is 12.9. The first-order valence-electron chi connectivity index (χ1n) is 6.23. The summed E-state index contributed by atoms with van der Waals surface area (Å²) in [7, 11) is 0. The van der Waals surface area contributed by atoms with Crippen LogP contribution in [-0.2, 0) is 4.08 Å². The Labute approximate surface area is 120 Å². The fourth-order valence-corrected chi connectivity index (χ4v) is 5.29. The van der Waals surface area contributed by atoms with Crippen LogP contribution in [-0.4, -0.2) is 27.6 Å². The Morgan fingerprint density at radius 3 is 2.74 bits per heavy atom. The second kappa shape index (κ2) is 4.80. The van der Waals surface area contributed by atoms with Crippen molar-refractivity contribution in [3.05, 3.63) is 35.5 Å². The second-order valence-corrected chi connectivity index (χ2v) is 8.07. The number of thioether (sulfide) groups is 2. The Bertz CT molecular complexity index is 629. The van der Waals surface area contributed by atoms with E-state index in [-0.39, 0.29) is 9.77 Å². The zero-order valence-electron chi connectivity index (χ0n) is 10.6. The van der Waals surface area contributed by atoms with Crippen LogP contribution in [0.2, 0.25) is 0 Å². The fraction of sp³-hybridized carbons (Fsp3) is 0.357. The van der Waals surface area contributed by atoms with Crippen molar-refractivity contribution in [3.8, 4) is 0 Å². The molecule has 19 heavy (non-hydrogen) atoms. The van der Waals surface area contributed by atoms with Gasteiger partial charge in [0.05, 0.1) is 4.08 Å². The van der Waals surface area contributed by atoms with Gasteiger partial charge in [-0.2, -0.15) is 0 Å². The number of carboxylic acid groups (broad SMARTS) is 1. The maximum atomic E-state index is 11.0. The third-order valence-corrected chi connectivity index (χ3v) is 6.69. The van der Waals surface area contributed by atoms with Crippen LogP contribution in [0.3, 0.4) is 0 Å². The van der Waals surface area contributed by atoms with Crippen LogP contribution in [0.4, 0.5) is 0 Å². The van der Waals surface area contributed by atoms with Crippen LogP contribution in [0.5, 0.6) is 0 Å². The number of carboxylic acids is 1. The van der Waals surface area contributed by atoms with E-state index in [0.717, 1.165) is 10.9 Å². The molecular formula is C14H15NO2S2. The summed E-state index contributed by atoms with van der Waals surface area (Å²) in [5, 5.41) is 9.99. The van der Waals surface area contributed by atoms with Gasteiger partial charge in [0.25, 0.3) is 0 Å². The molecule has 0 spiro atoms. The molecule has 5 heteroatoms. The average Bonchev–Trinajstić information content (AvgIpc) is 2.82. The molecule has 1 fully saturated rings. The summed E-state index contributed by atoms with van der Waals surface area (Å²) in [4.78, 5) is 13.9. The number of aromatic amines is 1. The summed E-state index contributed by atoms with van der Waals surface area (Å²) in [5.41, 5.74) is 2.41. The number of hydrogen-bond acceptors (Lipinski definition) is 3. The van der Waals surface area contributed by atoms with Crippen molar-refractivity contribution < 1.29 is 9.90 Å². The van der Waals surface area contributed by atoms with E-state index in [1.807, 2.05) is 29.6 Å². The lowest BCUT2D eigenvalue weighted by molar-refractivity contribution is 0.0691. The quantitative estimate of drug-likeness (QED) is 0.881. The molecule has 0 radical (unpaired) electrons. The van der Waals surface area contributed by atoms with E-state index in [1.165, 1.54) is 23.5 Å². The minimum Gasteiger partial charge on any atom is -0.477 e. The van der Waals surface area contributed by atoms with Gasteiger partial charge in [-0.3, -0.25) is 0 Å². The summed E-state index contributed by atoms with van der Waals surface area (Å²) in [6.45, 7) is 2.26. The molecule has 0 bridgehead atoms. The van der Waals surface area contributed by atoms with Crippen LogP contribution in [0, 0.1) is 0 Å². The van der Waals surface area contributed by atoms with Crippen molar-refractivity contribution >= 4 is 40.4 Å². The molecule has 3 nitrogen and oxygen atoms in total. The van der Waals surface area contributed by atoms with Gasteiger partial charge in [-0.15, -0.1) is 23.5 Å². The zero-order chi connectivity index (χ0) is 13.5. The minimum atomic E-state index is -0.912. The number of nitrogens with one attached hydrogen (secondary N) is 1. The lowest BCUT2D eigenvalue weighted by Crippen LogP contribution is -2.18. The van der Waals surface area contributed by atoms with E-state index in [2.05, 4.69) is 24.0 Å². The molecule has 0 aliphatic carbocycles. The van der Waals surface area contributed by atoms with Crippen molar-refractivity contribution in [1.82, 2.24) is 4.98 Å². The van der Waals surface area contributed by atoms with E-state index in [4.69, 9.17) is 5.11 Å². The van der Waals surface area contributed by atoms with Gasteiger partial charge < -0.3 is 10.1 Å². The third-order valence-electron chi connectivity index (χ3n) is 3.42. The fourth-order valence-electron chi connectivity index (χ4n) is 2.33. The smallest absolute Gasteiger partial charge is 0.352 e. The number of aromatic carboxylic acids is 1. The summed E-state index contributed by atoms with van der Waals surface area (Å²) in [6, 6.07) is 7.92. The molecule has 1 aromatic carbocycles. The Balaban J connectivity index is 2.03. The molecule has 1 saturated heterocycles. The minimum absolute atomic E-state index is 0.0904. The number of benzene rings is 1. The van der Waals surface area contributed by atoms with Crippen LogP contribution in [0.25, 0.3) is 10.9 Å². The largest absolute Gasteiger partial charge is 0.477 e. The number of hydrogen-bond donors (Lipinski definition) is 2. The van der Waals surface area contributed by atoms with Crippen LogP contribution in [0.15, 0.2) is 24.3 Å². The van der Waals surface area contributed by atoms with Gasteiger partial charge in [-0.25, -0.2) is 4.79 Å². The molecule has 1 aromatic heterocycles. The predicted octanol–water partition coefficient (Wildman–Crippen LogP) is 3.91. The maximum Gasteiger partial charge on any atom is 0.352 e. The van der Waals surface area contributed by atoms with Gasteiger partial charge in [0.2, 0.25) is 0 Å². The molecule has 2 N–H and O–H groups in total. The van der Waals surface area contributed by atoms with Gasteiger partial charge >= 0.3 is 5.97 Å². The van der Waals surface area contributed by atoms with Gasteiger partial charge in [0.1, 0.15) is 5.69 Å². The number of aromatic nitrogens is 1. The monoisotopic (exact) mass is 293 g/mol. The number of H-pyrrole nitrogens is 1. The van der Waals surface area contributed by atoms with Crippen LogP contribution < -0.4 is 0 Å². The zero-order valence-corrected chi connectivity index (χ0v) is 12.2. The number of carbonyl (C=O) groups is 1. The normalized spacial score (nSPS) is 18.6. The number of rotatable bonds is 2. The third kappa shape index (κ3) is 2.37. The summed E-state index contributed by atoms with van der Waals surface area (Å²) in [5.74, 6) is 1.47. The molecule has 1 aliphatic heterocycles. The molecule has 100 valence electrons. The summed E-state index contributed by atoms with van der Waals surface area (Å²) in [6.07, 6.45) is 1.26. The second-order valence-electron chi connectivity index (χ2n) is 4.79. The molecule has 2 aromatic rings. The van der Waals surface area contributed by atoms with E-state index in [9.17, 15) is 4.79 Å². The van der Waals surface area contributed by atoms with Crippen molar-refractivity contribution in [3.63, 3.8) is 0 Å². The van der Waals surface area contributed by atoms with Crippen molar-refractivity contribution in [2.45, 2.75) is 17.4 Å².